The van der Waals surface area contributed by atoms with Gasteiger partial charge in [-0.05, 0) is 31.0 Å². The first kappa shape index (κ1) is 13.3. The molecule has 0 saturated carbocycles. The van der Waals surface area contributed by atoms with Crippen molar-refractivity contribution < 1.29 is 9.53 Å². The van der Waals surface area contributed by atoms with Gasteiger partial charge in [-0.25, -0.2) is 0 Å². The van der Waals surface area contributed by atoms with Gasteiger partial charge in [0.1, 0.15) is 6.10 Å². The maximum atomic E-state index is 12.3. The molecular formula is C15H18BrNO2. The van der Waals surface area contributed by atoms with Gasteiger partial charge in [0, 0.05) is 23.5 Å². The first-order valence-electron chi connectivity index (χ1n) is 6.86. The Hall–Kier alpha value is -0.710. The standard InChI is InChI=1S/C15H18BrNO2/c16-13-6-2-1-4-11(13)8-14(18)15-9-17-7-3-5-12(17)10-19-15/h1-2,4,6,12,15H,3,5,7-10H2. The van der Waals surface area contributed by atoms with Crippen LogP contribution < -0.4 is 0 Å². The molecule has 3 nitrogen and oxygen atoms in total. The summed E-state index contributed by atoms with van der Waals surface area (Å²) in [6.07, 6.45) is 2.65. The lowest BCUT2D eigenvalue weighted by Gasteiger charge is -2.34. The van der Waals surface area contributed by atoms with Crippen LogP contribution in [0.15, 0.2) is 28.7 Å². The Labute approximate surface area is 122 Å². The number of nitrogens with zero attached hydrogens (tertiary/aromatic N) is 1. The van der Waals surface area contributed by atoms with Crippen LogP contribution in [0, 0.1) is 0 Å². The fraction of sp³-hybridized carbons (Fsp3) is 0.533. The van der Waals surface area contributed by atoms with Gasteiger partial charge in [0.15, 0.2) is 5.78 Å². The van der Waals surface area contributed by atoms with Crippen LogP contribution in [0.3, 0.4) is 0 Å². The molecule has 2 aliphatic heterocycles. The first-order valence-corrected chi connectivity index (χ1v) is 7.65. The summed E-state index contributed by atoms with van der Waals surface area (Å²) >= 11 is 3.49. The second-order valence-corrected chi connectivity index (χ2v) is 6.20. The van der Waals surface area contributed by atoms with E-state index in [9.17, 15) is 4.79 Å². The molecule has 0 aliphatic carbocycles. The third-order valence-corrected chi connectivity index (χ3v) is 4.84. The normalized spacial score (nSPS) is 27.2. The van der Waals surface area contributed by atoms with Crippen molar-refractivity contribution in [2.24, 2.45) is 0 Å². The number of halogens is 1. The summed E-state index contributed by atoms with van der Waals surface area (Å²) in [4.78, 5) is 14.7. The predicted molar refractivity (Wildman–Crippen MR) is 77.2 cm³/mol. The maximum absolute atomic E-state index is 12.3. The highest BCUT2D eigenvalue weighted by Crippen LogP contribution is 2.24. The molecule has 2 saturated heterocycles. The topological polar surface area (TPSA) is 29.5 Å². The van der Waals surface area contributed by atoms with E-state index < -0.39 is 0 Å². The van der Waals surface area contributed by atoms with Crippen molar-refractivity contribution in [2.75, 3.05) is 19.7 Å². The number of morpholine rings is 1. The predicted octanol–water partition coefficient (Wildman–Crippen LogP) is 2.42. The van der Waals surface area contributed by atoms with E-state index >= 15 is 0 Å². The van der Waals surface area contributed by atoms with Gasteiger partial charge in [-0.3, -0.25) is 9.69 Å². The van der Waals surface area contributed by atoms with Gasteiger partial charge in [-0.1, -0.05) is 34.1 Å². The summed E-state index contributed by atoms with van der Waals surface area (Å²) in [6.45, 7) is 2.60. The molecule has 2 aliphatic rings. The van der Waals surface area contributed by atoms with Crippen molar-refractivity contribution in [3.8, 4) is 0 Å². The second kappa shape index (κ2) is 5.73. The Balaban J connectivity index is 1.63. The zero-order valence-corrected chi connectivity index (χ0v) is 12.4. The molecule has 2 atom stereocenters. The van der Waals surface area contributed by atoms with Crippen molar-refractivity contribution in [1.29, 1.82) is 0 Å². The molecule has 0 amide bonds. The minimum absolute atomic E-state index is 0.192. The second-order valence-electron chi connectivity index (χ2n) is 5.35. The summed E-state index contributed by atoms with van der Waals surface area (Å²) < 4.78 is 6.76. The average molecular weight is 324 g/mol. The van der Waals surface area contributed by atoms with Crippen LogP contribution in [0.25, 0.3) is 0 Å². The fourth-order valence-electron chi connectivity index (χ4n) is 2.96. The molecule has 1 aromatic rings. The number of hydrogen-bond acceptors (Lipinski definition) is 3. The number of rotatable bonds is 3. The Morgan fingerprint density at radius 2 is 2.26 bits per heavy atom. The van der Waals surface area contributed by atoms with Gasteiger partial charge in [0.05, 0.1) is 6.61 Å². The molecule has 0 spiro atoms. The Kier molecular flexibility index (Phi) is 4.01. The Morgan fingerprint density at radius 3 is 3.11 bits per heavy atom. The highest BCUT2D eigenvalue weighted by atomic mass is 79.9. The monoisotopic (exact) mass is 323 g/mol. The Morgan fingerprint density at radius 1 is 1.42 bits per heavy atom. The zero-order valence-electron chi connectivity index (χ0n) is 10.8. The third-order valence-electron chi connectivity index (χ3n) is 4.07. The summed E-state index contributed by atoms with van der Waals surface area (Å²) in [5.41, 5.74) is 1.04. The van der Waals surface area contributed by atoms with E-state index in [0.717, 1.165) is 23.1 Å². The van der Waals surface area contributed by atoms with E-state index in [1.807, 2.05) is 24.3 Å². The maximum Gasteiger partial charge on any atom is 0.167 e. The van der Waals surface area contributed by atoms with E-state index in [1.54, 1.807) is 0 Å². The summed E-state index contributed by atoms with van der Waals surface area (Å²) in [5, 5.41) is 0. The molecule has 0 radical (unpaired) electrons. The first-order chi connectivity index (χ1) is 9.24. The Bertz CT molecular complexity index is 477. The molecule has 4 heteroatoms. The lowest BCUT2D eigenvalue weighted by atomic mass is 10.0. The van der Waals surface area contributed by atoms with Crippen LogP contribution in [0.4, 0.5) is 0 Å². The SMILES string of the molecule is O=C(Cc1ccccc1Br)C1CN2CCCC2CO1. The van der Waals surface area contributed by atoms with Crippen LogP contribution in [-0.2, 0) is 16.0 Å². The van der Waals surface area contributed by atoms with E-state index in [1.165, 1.54) is 12.8 Å². The number of fused-ring (bicyclic) bond motifs is 1. The quantitative estimate of drug-likeness (QED) is 0.855. The van der Waals surface area contributed by atoms with Crippen LogP contribution >= 0.6 is 15.9 Å². The van der Waals surface area contributed by atoms with Crippen molar-refractivity contribution in [2.45, 2.75) is 31.4 Å². The average Bonchev–Trinajstić information content (AvgIpc) is 2.88. The molecule has 0 N–H and O–H groups in total. The van der Waals surface area contributed by atoms with Gasteiger partial charge in [0.2, 0.25) is 0 Å². The van der Waals surface area contributed by atoms with Crippen molar-refractivity contribution in [3.63, 3.8) is 0 Å². The van der Waals surface area contributed by atoms with Gasteiger partial charge < -0.3 is 4.74 Å². The molecule has 102 valence electrons. The van der Waals surface area contributed by atoms with Gasteiger partial charge in [-0.2, -0.15) is 0 Å². The van der Waals surface area contributed by atoms with Crippen molar-refractivity contribution >= 4 is 21.7 Å². The molecule has 1 aromatic carbocycles. The minimum atomic E-state index is -0.249. The molecule has 2 heterocycles. The highest BCUT2D eigenvalue weighted by molar-refractivity contribution is 9.10. The number of hydrogen-bond donors (Lipinski definition) is 0. The molecule has 2 fully saturated rings. The lowest BCUT2D eigenvalue weighted by Crippen LogP contribution is -2.49. The smallest absolute Gasteiger partial charge is 0.167 e. The van der Waals surface area contributed by atoms with Crippen LogP contribution in [0.1, 0.15) is 18.4 Å². The summed E-state index contributed by atoms with van der Waals surface area (Å²) in [7, 11) is 0. The van der Waals surface area contributed by atoms with E-state index in [0.29, 0.717) is 19.1 Å². The van der Waals surface area contributed by atoms with Gasteiger partial charge >= 0.3 is 0 Å². The fourth-order valence-corrected chi connectivity index (χ4v) is 3.38. The number of ether oxygens (including phenoxy) is 1. The number of Topliss-reactive ketones (excluding diaryl/α,β-unsaturated/α-hetero) is 1. The summed E-state index contributed by atoms with van der Waals surface area (Å²) in [6, 6.07) is 8.44. The number of carbonyl (C=O) groups is 1. The molecule has 2 unspecified atom stereocenters. The zero-order chi connectivity index (χ0) is 13.2. The van der Waals surface area contributed by atoms with Gasteiger partial charge in [0.25, 0.3) is 0 Å². The molecular weight excluding hydrogens is 306 g/mol. The van der Waals surface area contributed by atoms with E-state index in [2.05, 4.69) is 20.8 Å². The molecule has 0 aromatic heterocycles. The van der Waals surface area contributed by atoms with Gasteiger partial charge in [-0.15, -0.1) is 0 Å². The van der Waals surface area contributed by atoms with Crippen LogP contribution in [-0.4, -0.2) is 42.5 Å². The van der Waals surface area contributed by atoms with Crippen molar-refractivity contribution in [1.82, 2.24) is 4.90 Å². The summed E-state index contributed by atoms with van der Waals surface area (Å²) in [5.74, 6) is 0.192. The number of benzene rings is 1. The van der Waals surface area contributed by atoms with Crippen LogP contribution in [0.5, 0.6) is 0 Å². The third kappa shape index (κ3) is 2.91. The molecule has 19 heavy (non-hydrogen) atoms. The van der Waals surface area contributed by atoms with Crippen molar-refractivity contribution in [3.05, 3.63) is 34.3 Å². The number of carbonyl (C=O) groups excluding carboxylic acids is 1. The largest absolute Gasteiger partial charge is 0.367 e. The number of ketones is 1. The minimum Gasteiger partial charge on any atom is -0.367 e. The van der Waals surface area contributed by atoms with E-state index in [-0.39, 0.29) is 11.9 Å². The lowest BCUT2D eigenvalue weighted by molar-refractivity contribution is -0.137. The highest BCUT2D eigenvalue weighted by Gasteiger charge is 2.35. The van der Waals surface area contributed by atoms with Crippen LogP contribution in [0.2, 0.25) is 0 Å². The molecule has 3 rings (SSSR count). The van der Waals surface area contributed by atoms with E-state index in [4.69, 9.17) is 4.74 Å². The molecule has 0 bridgehead atoms.